The highest BCUT2D eigenvalue weighted by atomic mass is 32.1. The third-order valence-electron chi connectivity index (χ3n) is 4.29. The molecular formula is C21H15F2N3O2S. The molecule has 4 rings (SSSR count). The van der Waals surface area contributed by atoms with Crippen molar-refractivity contribution in [1.82, 2.24) is 9.66 Å². The molecule has 0 aliphatic heterocycles. The van der Waals surface area contributed by atoms with Gasteiger partial charge in [0.25, 0.3) is 5.56 Å². The SMILES string of the molecule is Cc1sc2ncn(/N=C\c3ccccc3OC(F)F)c(=O)c2c1-c1ccccc1. The second kappa shape index (κ2) is 7.92. The molecule has 0 bridgehead atoms. The summed E-state index contributed by atoms with van der Waals surface area (Å²) in [5.41, 5.74) is 1.74. The monoisotopic (exact) mass is 411 g/mol. The summed E-state index contributed by atoms with van der Waals surface area (Å²) in [6.07, 6.45) is 2.62. The molecule has 0 atom stereocenters. The fourth-order valence-corrected chi connectivity index (χ4v) is 4.05. The first-order chi connectivity index (χ1) is 14.0. The number of thiophene rings is 1. The summed E-state index contributed by atoms with van der Waals surface area (Å²) in [5, 5.41) is 4.62. The molecule has 0 spiro atoms. The third kappa shape index (κ3) is 3.79. The van der Waals surface area contributed by atoms with Gasteiger partial charge in [-0.25, -0.2) is 4.98 Å². The van der Waals surface area contributed by atoms with Crippen LogP contribution < -0.4 is 10.3 Å². The normalized spacial score (nSPS) is 11.6. The van der Waals surface area contributed by atoms with Crippen molar-refractivity contribution in [1.29, 1.82) is 0 Å². The van der Waals surface area contributed by atoms with Gasteiger partial charge in [-0.3, -0.25) is 4.79 Å². The zero-order valence-electron chi connectivity index (χ0n) is 15.3. The Morgan fingerprint density at radius 2 is 1.86 bits per heavy atom. The molecule has 4 aromatic rings. The molecule has 0 saturated heterocycles. The Hall–Kier alpha value is -3.39. The van der Waals surface area contributed by atoms with Crippen LogP contribution in [-0.4, -0.2) is 22.5 Å². The van der Waals surface area contributed by atoms with Crippen LogP contribution in [0, 0.1) is 6.92 Å². The highest BCUT2D eigenvalue weighted by Crippen LogP contribution is 2.35. The number of ether oxygens (including phenoxy) is 1. The zero-order valence-corrected chi connectivity index (χ0v) is 16.1. The molecule has 0 aliphatic rings. The van der Waals surface area contributed by atoms with Gasteiger partial charge in [0.05, 0.1) is 11.6 Å². The number of para-hydroxylation sites is 1. The fourth-order valence-electron chi connectivity index (χ4n) is 3.04. The molecule has 8 heteroatoms. The van der Waals surface area contributed by atoms with Crippen LogP contribution in [0.5, 0.6) is 5.75 Å². The number of halogens is 2. The van der Waals surface area contributed by atoms with Crippen molar-refractivity contribution in [3.63, 3.8) is 0 Å². The smallest absolute Gasteiger partial charge is 0.387 e. The van der Waals surface area contributed by atoms with Crippen LogP contribution in [0.3, 0.4) is 0 Å². The first-order valence-corrected chi connectivity index (χ1v) is 9.50. The summed E-state index contributed by atoms with van der Waals surface area (Å²) < 4.78 is 30.7. The lowest BCUT2D eigenvalue weighted by Gasteiger charge is -2.07. The Bertz CT molecular complexity index is 1250. The van der Waals surface area contributed by atoms with Crippen LogP contribution in [0.25, 0.3) is 21.3 Å². The second-order valence-electron chi connectivity index (χ2n) is 6.13. The Kier molecular flexibility index (Phi) is 5.18. The highest BCUT2D eigenvalue weighted by molar-refractivity contribution is 7.19. The molecule has 2 aromatic carbocycles. The van der Waals surface area contributed by atoms with E-state index in [4.69, 9.17) is 0 Å². The van der Waals surface area contributed by atoms with Gasteiger partial charge in [0, 0.05) is 16.0 Å². The van der Waals surface area contributed by atoms with E-state index in [1.54, 1.807) is 18.2 Å². The molecule has 0 radical (unpaired) electrons. The lowest BCUT2D eigenvalue weighted by Crippen LogP contribution is -2.17. The van der Waals surface area contributed by atoms with Crippen LogP contribution in [0.2, 0.25) is 0 Å². The number of benzene rings is 2. The second-order valence-corrected chi connectivity index (χ2v) is 7.34. The number of rotatable bonds is 5. The summed E-state index contributed by atoms with van der Waals surface area (Å²) in [5.74, 6) is -0.0234. The van der Waals surface area contributed by atoms with Crippen LogP contribution in [0.1, 0.15) is 10.4 Å². The third-order valence-corrected chi connectivity index (χ3v) is 5.30. The minimum absolute atomic E-state index is 0.0234. The average molecular weight is 411 g/mol. The van der Waals surface area contributed by atoms with E-state index in [1.807, 2.05) is 37.3 Å². The molecule has 0 fully saturated rings. The van der Waals surface area contributed by atoms with Gasteiger partial charge in [-0.05, 0) is 24.6 Å². The van der Waals surface area contributed by atoms with Gasteiger partial charge >= 0.3 is 6.61 Å². The maximum atomic E-state index is 13.1. The minimum atomic E-state index is -2.95. The topological polar surface area (TPSA) is 56.5 Å². The van der Waals surface area contributed by atoms with Gasteiger partial charge in [0.2, 0.25) is 0 Å². The lowest BCUT2D eigenvalue weighted by atomic mass is 10.0. The van der Waals surface area contributed by atoms with Crippen molar-refractivity contribution in [2.75, 3.05) is 0 Å². The van der Waals surface area contributed by atoms with Gasteiger partial charge in [-0.15, -0.1) is 11.3 Å². The van der Waals surface area contributed by atoms with E-state index in [1.165, 1.54) is 29.9 Å². The van der Waals surface area contributed by atoms with Crippen LogP contribution in [0.4, 0.5) is 8.78 Å². The summed E-state index contributed by atoms with van der Waals surface area (Å²) in [4.78, 5) is 19.0. The molecule has 0 amide bonds. The number of nitrogens with zero attached hydrogens (tertiary/aromatic N) is 3. The first-order valence-electron chi connectivity index (χ1n) is 8.69. The predicted octanol–water partition coefficient (Wildman–Crippen LogP) is 4.92. The summed E-state index contributed by atoms with van der Waals surface area (Å²) in [6, 6.07) is 15.8. The van der Waals surface area contributed by atoms with E-state index >= 15 is 0 Å². The number of hydrogen-bond donors (Lipinski definition) is 0. The number of aromatic nitrogens is 2. The maximum absolute atomic E-state index is 13.1. The van der Waals surface area contributed by atoms with E-state index in [-0.39, 0.29) is 11.3 Å². The number of aryl methyl sites for hydroxylation is 1. The Morgan fingerprint density at radius 1 is 1.14 bits per heavy atom. The molecule has 5 nitrogen and oxygen atoms in total. The highest BCUT2D eigenvalue weighted by Gasteiger charge is 2.16. The Balaban J connectivity index is 1.80. The van der Waals surface area contributed by atoms with Gasteiger partial charge in [-0.1, -0.05) is 42.5 Å². The first kappa shape index (κ1) is 18.9. The average Bonchev–Trinajstić information content (AvgIpc) is 3.05. The van der Waals surface area contributed by atoms with Crippen molar-refractivity contribution in [2.45, 2.75) is 13.5 Å². The van der Waals surface area contributed by atoms with E-state index in [9.17, 15) is 13.6 Å². The Labute approximate surface area is 168 Å². The Morgan fingerprint density at radius 3 is 2.62 bits per heavy atom. The van der Waals surface area contributed by atoms with Gasteiger partial charge in [-0.2, -0.15) is 18.6 Å². The molecule has 146 valence electrons. The standard InChI is InChI=1S/C21H15F2N3O2S/c1-13-17(14-7-3-2-4-8-14)18-19(29-13)24-12-26(20(18)27)25-11-15-9-5-6-10-16(15)28-21(22)23/h2-12,21H,1H3/b25-11-. The summed E-state index contributed by atoms with van der Waals surface area (Å²) in [7, 11) is 0. The van der Waals surface area contributed by atoms with Crippen molar-refractivity contribution in [3.05, 3.63) is 81.7 Å². The number of fused-ring (bicyclic) bond motifs is 1. The van der Waals surface area contributed by atoms with Crippen LogP contribution in [0.15, 0.2) is 70.8 Å². The van der Waals surface area contributed by atoms with E-state index in [0.29, 0.717) is 15.8 Å². The molecule has 2 heterocycles. The molecule has 0 aliphatic carbocycles. The molecule has 2 aromatic heterocycles. The van der Waals surface area contributed by atoms with Crippen molar-refractivity contribution >= 4 is 27.8 Å². The molecule has 0 N–H and O–H groups in total. The van der Waals surface area contributed by atoms with Crippen LogP contribution >= 0.6 is 11.3 Å². The minimum Gasteiger partial charge on any atom is -0.434 e. The number of hydrogen-bond acceptors (Lipinski definition) is 5. The quantitative estimate of drug-likeness (QED) is 0.438. The van der Waals surface area contributed by atoms with E-state index in [2.05, 4.69) is 14.8 Å². The summed E-state index contributed by atoms with van der Waals surface area (Å²) >= 11 is 1.44. The molecule has 0 saturated carbocycles. The summed E-state index contributed by atoms with van der Waals surface area (Å²) in [6.45, 7) is -1.01. The molecule has 0 unspecified atom stereocenters. The van der Waals surface area contributed by atoms with Crippen molar-refractivity contribution < 1.29 is 13.5 Å². The lowest BCUT2D eigenvalue weighted by molar-refractivity contribution is -0.0499. The fraction of sp³-hybridized carbons (Fsp3) is 0.0952. The number of alkyl halides is 2. The maximum Gasteiger partial charge on any atom is 0.387 e. The molecular weight excluding hydrogens is 396 g/mol. The predicted molar refractivity (Wildman–Crippen MR) is 110 cm³/mol. The van der Waals surface area contributed by atoms with Crippen LogP contribution in [-0.2, 0) is 0 Å². The van der Waals surface area contributed by atoms with Gasteiger partial charge in [0.1, 0.15) is 16.9 Å². The van der Waals surface area contributed by atoms with Gasteiger partial charge < -0.3 is 4.74 Å². The van der Waals surface area contributed by atoms with E-state index in [0.717, 1.165) is 20.7 Å². The largest absolute Gasteiger partial charge is 0.434 e. The molecule has 29 heavy (non-hydrogen) atoms. The zero-order chi connectivity index (χ0) is 20.4. The van der Waals surface area contributed by atoms with Crippen molar-refractivity contribution in [3.8, 4) is 16.9 Å². The van der Waals surface area contributed by atoms with E-state index < -0.39 is 6.61 Å². The van der Waals surface area contributed by atoms with Gasteiger partial charge in [0.15, 0.2) is 0 Å². The van der Waals surface area contributed by atoms with Crippen molar-refractivity contribution in [2.24, 2.45) is 5.10 Å².